The molecule has 0 bridgehead atoms. The van der Waals surface area contributed by atoms with Gasteiger partial charge in [0.05, 0.1) is 19.2 Å². The van der Waals surface area contributed by atoms with Crippen molar-refractivity contribution < 1.29 is 9.53 Å². The van der Waals surface area contributed by atoms with Crippen LogP contribution in [-0.2, 0) is 24.1 Å². The molecule has 0 radical (unpaired) electrons. The molecule has 0 N–H and O–H groups in total. The van der Waals surface area contributed by atoms with E-state index in [2.05, 4.69) is 9.80 Å². The molecule has 7 heteroatoms. The maximum atomic E-state index is 12.9. The topological polar surface area (TPSA) is 61.8 Å². The van der Waals surface area contributed by atoms with Gasteiger partial charge in [-0.1, -0.05) is 18.6 Å². The van der Waals surface area contributed by atoms with E-state index >= 15 is 0 Å². The third-order valence-electron chi connectivity index (χ3n) is 7.24. The highest BCUT2D eigenvalue weighted by Gasteiger charge is 2.29. The number of hydrogen-bond acceptors (Lipinski definition) is 6. The highest BCUT2D eigenvalue weighted by molar-refractivity contribution is 5.79. The van der Waals surface area contributed by atoms with Gasteiger partial charge in [-0.15, -0.1) is 0 Å². The number of amides is 1. The molecule has 5 rings (SSSR count). The Hall–Kier alpha value is -2.67. The van der Waals surface area contributed by atoms with E-state index in [1.165, 1.54) is 24.8 Å². The van der Waals surface area contributed by atoms with Crippen LogP contribution in [0.25, 0.3) is 0 Å². The minimum Gasteiger partial charge on any atom is -0.497 e. The Labute approximate surface area is 190 Å². The first kappa shape index (κ1) is 21.2. The molecular weight excluding hydrogens is 402 g/mol. The van der Waals surface area contributed by atoms with Gasteiger partial charge in [0.25, 0.3) is 0 Å². The fourth-order valence-corrected chi connectivity index (χ4v) is 4.97. The summed E-state index contributed by atoms with van der Waals surface area (Å²) in [5.41, 5.74) is 3.27. The van der Waals surface area contributed by atoms with Crippen molar-refractivity contribution in [2.24, 2.45) is 0 Å². The summed E-state index contributed by atoms with van der Waals surface area (Å²) in [6.45, 7) is 5.65. The van der Waals surface area contributed by atoms with Crippen LogP contribution in [0.4, 0.5) is 5.95 Å². The third-order valence-corrected chi connectivity index (χ3v) is 7.24. The predicted molar refractivity (Wildman–Crippen MR) is 124 cm³/mol. The number of anilines is 1. The van der Waals surface area contributed by atoms with Crippen LogP contribution in [0.15, 0.2) is 30.5 Å². The molecule has 1 amide bonds. The number of methoxy groups -OCH3 is 1. The zero-order valence-electron chi connectivity index (χ0n) is 19.0. The molecule has 0 unspecified atom stereocenters. The number of aromatic nitrogens is 2. The van der Waals surface area contributed by atoms with Crippen molar-refractivity contribution >= 4 is 11.9 Å². The first-order chi connectivity index (χ1) is 15.7. The van der Waals surface area contributed by atoms with Gasteiger partial charge in [0.1, 0.15) is 5.75 Å². The van der Waals surface area contributed by atoms with E-state index in [4.69, 9.17) is 14.7 Å². The summed E-state index contributed by atoms with van der Waals surface area (Å²) in [7, 11) is 1.65. The fourth-order valence-electron chi connectivity index (χ4n) is 4.97. The van der Waals surface area contributed by atoms with Gasteiger partial charge >= 0.3 is 0 Å². The largest absolute Gasteiger partial charge is 0.497 e. The number of carbonyl (C=O) groups excluding carboxylic acids is 1. The fraction of sp³-hybridized carbons (Fsp3) is 0.560. The maximum Gasteiger partial charge on any atom is 0.227 e. The standard InChI is InChI=1S/C25H33N5O2/c1-32-22-7-2-4-19(16-22)17-24(31)29-10-8-20-18-26-25(27-23(20)9-11-29)30-14-12-28(13-15-30)21-5-3-6-21/h2,4,7,16,18,21H,3,5-6,8-15,17H2,1H3. The number of benzene rings is 1. The zero-order chi connectivity index (χ0) is 21.9. The summed E-state index contributed by atoms with van der Waals surface area (Å²) in [6, 6.07) is 8.57. The number of piperazine rings is 1. The lowest BCUT2D eigenvalue weighted by atomic mass is 9.91. The summed E-state index contributed by atoms with van der Waals surface area (Å²) in [5, 5.41) is 0. The first-order valence-electron chi connectivity index (χ1n) is 11.9. The molecule has 0 spiro atoms. The molecule has 2 aliphatic heterocycles. The second-order valence-electron chi connectivity index (χ2n) is 9.16. The van der Waals surface area contributed by atoms with E-state index < -0.39 is 0 Å². The average Bonchev–Trinajstić information content (AvgIpc) is 3.01. The van der Waals surface area contributed by atoms with Crippen LogP contribution in [0.2, 0.25) is 0 Å². The Morgan fingerprint density at radius 3 is 2.66 bits per heavy atom. The lowest BCUT2D eigenvalue weighted by Gasteiger charge is -2.43. The Morgan fingerprint density at radius 1 is 1.09 bits per heavy atom. The molecule has 2 aromatic rings. The van der Waals surface area contributed by atoms with Crippen LogP contribution < -0.4 is 9.64 Å². The summed E-state index contributed by atoms with van der Waals surface area (Å²) in [6.07, 6.45) is 8.11. The zero-order valence-corrected chi connectivity index (χ0v) is 19.0. The van der Waals surface area contributed by atoms with E-state index in [9.17, 15) is 4.79 Å². The molecule has 3 heterocycles. The van der Waals surface area contributed by atoms with Gasteiger partial charge in [0, 0.05) is 57.9 Å². The number of hydrogen-bond donors (Lipinski definition) is 0. The quantitative estimate of drug-likeness (QED) is 0.718. The lowest BCUT2D eigenvalue weighted by Crippen LogP contribution is -2.52. The number of fused-ring (bicyclic) bond motifs is 1. The van der Waals surface area contributed by atoms with Gasteiger partial charge in [-0.05, 0) is 42.5 Å². The van der Waals surface area contributed by atoms with Gasteiger partial charge in [0.2, 0.25) is 11.9 Å². The van der Waals surface area contributed by atoms with E-state index in [1.807, 2.05) is 35.4 Å². The normalized spacial score (nSPS) is 19.8. The van der Waals surface area contributed by atoms with Gasteiger partial charge in [0.15, 0.2) is 0 Å². The first-order valence-corrected chi connectivity index (χ1v) is 11.9. The van der Waals surface area contributed by atoms with E-state index in [-0.39, 0.29) is 5.91 Å². The molecule has 1 aliphatic carbocycles. The number of carbonyl (C=O) groups is 1. The third kappa shape index (κ3) is 4.58. The van der Waals surface area contributed by atoms with Crippen LogP contribution in [0.1, 0.15) is 36.1 Å². The van der Waals surface area contributed by atoms with E-state index in [0.29, 0.717) is 13.0 Å². The molecule has 170 valence electrons. The molecule has 2 fully saturated rings. The van der Waals surface area contributed by atoms with Crippen molar-refractivity contribution in [2.45, 2.75) is 44.6 Å². The molecular formula is C25H33N5O2. The van der Waals surface area contributed by atoms with Crippen LogP contribution in [0.5, 0.6) is 5.75 Å². The summed E-state index contributed by atoms with van der Waals surface area (Å²) >= 11 is 0. The molecule has 32 heavy (non-hydrogen) atoms. The molecule has 1 aromatic carbocycles. The smallest absolute Gasteiger partial charge is 0.227 e. The Kier molecular flexibility index (Phi) is 6.26. The van der Waals surface area contributed by atoms with Gasteiger partial charge in [-0.3, -0.25) is 9.69 Å². The molecule has 3 aliphatic rings. The summed E-state index contributed by atoms with van der Waals surface area (Å²) < 4.78 is 5.28. The summed E-state index contributed by atoms with van der Waals surface area (Å²) in [4.78, 5) is 29.5. The number of ether oxygens (including phenoxy) is 1. The van der Waals surface area contributed by atoms with Crippen molar-refractivity contribution in [2.75, 3.05) is 51.3 Å². The maximum absolute atomic E-state index is 12.9. The van der Waals surface area contributed by atoms with Crippen molar-refractivity contribution in [3.8, 4) is 5.75 Å². The van der Waals surface area contributed by atoms with E-state index in [1.54, 1.807) is 7.11 Å². The molecule has 1 saturated heterocycles. The lowest BCUT2D eigenvalue weighted by molar-refractivity contribution is -0.130. The number of rotatable bonds is 5. The van der Waals surface area contributed by atoms with Gasteiger partial charge < -0.3 is 14.5 Å². The summed E-state index contributed by atoms with van der Waals surface area (Å²) in [5.74, 6) is 1.80. The second-order valence-corrected chi connectivity index (χ2v) is 9.16. The van der Waals surface area contributed by atoms with Crippen molar-refractivity contribution in [1.29, 1.82) is 0 Å². The average molecular weight is 436 g/mol. The van der Waals surface area contributed by atoms with Gasteiger partial charge in [-0.2, -0.15) is 0 Å². The Morgan fingerprint density at radius 2 is 1.91 bits per heavy atom. The highest BCUT2D eigenvalue weighted by Crippen LogP contribution is 2.26. The van der Waals surface area contributed by atoms with Crippen LogP contribution in [-0.4, -0.2) is 78.1 Å². The molecule has 1 aromatic heterocycles. The Balaban J connectivity index is 1.19. The van der Waals surface area contributed by atoms with Crippen LogP contribution in [0, 0.1) is 0 Å². The van der Waals surface area contributed by atoms with Gasteiger partial charge in [-0.25, -0.2) is 9.97 Å². The second kappa shape index (κ2) is 9.45. The minimum atomic E-state index is 0.159. The molecule has 1 saturated carbocycles. The minimum absolute atomic E-state index is 0.159. The van der Waals surface area contributed by atoms with Crippen molar-refractivity contribution in [3.05, 3.63) is 47.3 Å². The van der Waals surface area contributed by atoms with Crippen LogP contribution in [0.3, 0.4) is 0 Å². The SMILES string of the molecule is COc1cccc(CC(=O)N2CCc3cnc(N4CCN(C5CCC5)CC4)nc3CC2)c1. The number of nitrogens with zero attached hydrogens (tertiary/aromatic N) is 5. The monoisotopic (exact) mass is 435 g/mol. The van der Waals surface area contributed by atoms with Crippen molar-refractivity contribution in [1.82, 2.24) is 19.8 Å². The Bertz CT molecular complexity index is 953. The van der Waals surface area contributed by atoms with Crippen molar-refractivity contribution in [3.63, 3.8) is 0 Å². The predicted octanol–water partition coefficient (Wildman–Crippen LogP) is 2.33. The van der Waals surface area contributed by atoms with Crippen LogP contribution >= 0.6 is 0 Å². The molecule has 7 nitrogen and oxygen atoms in total. The molecule has 0 atom stereocenters. The van der Waals surface area contributed by atoms with E-state index in [0.717, 1.165) is 74.6 Å². The highest BCUT2D eigenvalue weighted by atomic mass is 16.5.